The van der Waals surface area contributed by atoms with Crippen molar-refractivity contribution >= 4 is 27.7 Å². The summed E-state index contributed by atoms with van der Waals surface area (Å²) in [5.41, 5.74) is 0. The Morgan fingerprint density at radius 2 is 2.44 bits per heavy atom. The second-order valence-electron chi connectivity index (χ2n) is 3.88. The third-order valence-electron chi connectivity index (χ3n) is 2.68. The number of aromatic nitrogens is 2. The Labute approximate surface area is 114 Å². The molecule has 0 saturated carbocycles. The predicted molar refractivity (Wildman–Crippen MR) is 70.4 cm³/mol. The van der Waals surface area contributed by atoms with Crippen LogP contribution in [0.2, 0.25) is 0 Å². The zero-order chi connectivity index (χ0) is 13.0. The molecule has 1 N–H and O–H groups in total. The van der Waals surface area contributed by atoms with Crippen molar-refractivity contribution in [1.29, 1.82) is 0 Å². The number of morpholine rings is 1. The Hall–Kier alpha value is -1.21. The Balaban J connectivity index is 2.17. The van der Waals surface area contributed by atoms with Gasteiger partial charge in [0, 0.05) is 13.1 Å². The lowest BCUT2D eigenvalue weighted by Gasteiger charge is -2.35. The molecule has 0 bridgehead atoms. The van der Waals surface area contributed by atoms with E-state index < -0.39 is 0 Å². The summed E-state index contributed by atoms with van der Waals surface area (Å²) in [5.74, 6) is 0.652. The van der Waals surface area contributed by atoms with Gasteiger partial charge < -0.3 is 15.0 Å². The molecule has 6 nitrogen and oxygen atoms in total. The fourth-order valence-corrected chi connectivity index (χ4v) is 2.05. The first-order valence-electron chi connectivity index (χ1n) is 5.82. The van der Waals surface area contributed by atoms with Crippen molar-refractivity contribution in [2.24, 2.45) is 0 Å². The van der Waals surface area contributed by atoms with Gasteiger partial charge in [-0.3, -0.25) is 4.79 Å². The molecule has 1 aromatic heterocycles. The second-order valence-corrected chi connectivity index (χ2v) is 4.69. The molecule has 98 valence electrons. The molecule has 7 heteroatoms. The van der Waals surface area contributed by atoms with Crippen molar-refractivity contribution in [2.75, 3.05) is 31.2 Å². The van der Waals surface area contributed by atoms with E-state index in [2.05, 4.69) is 31.2 Å². The van der Waals surface area contributed by atoms with Crippen LogP contribution in [0.15, 0.2) is 17.0 Å². The van der Waals surface area contributed by atoms with Crippen LogP contribution in [0.25, 0.3) is 0 Å². The van der Waals surface area contributed by atoms with Crippen LogP contribution >= 0.6 is 15.9 Å². The molecule has 1 aliphatic rings. The Kier molecular flexibility index (Phi) is 4.48. The lowest BCUT2D eigenvalue weighted by molar-refractivity contribution is -0.124. The van der Waals surface area contributed by atoms with Crippen molar-refractivity contribution in [3.05, 3.63) is 17.0 Å². The van der Waals surface area contributed by atoms with Crippen molar-refractivity contribution in [3.63, 3.8) is 0 Å². The van der Waals surface area contributed by atoms with E-state index >= 15 is 0 Å². The molecule has 2 rings (SSSR count). The first-order chi connectivity index (χ1) is 8.72. The molecule has 0 aliphatic carbocycles. The molecule has 1 saturated heterocycles. The number of carbonyl (C=O) groups is 1. The van der Waals surface area contributed by atoms with Gasteiger partial charge in [-0.15, -0.1) is 0 Å². The number of nitrogens with zero attached hydrogens (tertiary/aromatic N) is 3. The highest BCUT2D eigenvalue weighted by molar-refractivity contribution is 9.10. The molecule has 1 aliphatic heterocycles. The fraction of sp³-hybridized carbons (Fsp3) is 0.545. The number of nitrogens with one attached hydrogen (secondary N) is 1. The minimum Gasteiger partial charge on any atom is -0.377 e. The molecule has 1 aromatic rings. The number of rotatable bonds is 3. The number of likely N-dealkylation sites (N-methyl/N-ethyl adjacent to an activating group) is 1. The van der Waals surface area contributed by atoms with Gasteiger partial charge in [-0.2, -0.15) is 0 Å². The topological polar surface area (TPSA) is 67.3 Å². The van der Waals surface area contributed by atoms with E-state index in [-0.39, 0.29) is 11.9 Å². The van der Waals surface area contributed by atoms with Crippen molar-refractivity contribution in [3.8, 4) is 0 Å². The quantitative estimate of drug-likeness (QED) is 0.884. The van der Waals surface area contributed by atoms with Gasteiger partial charge in [0.1, 0.15) is 16.5 Å². The Morgan fingerprint density at radius 3 is 3.11 bits per heavy atom. The SMILES string of the molecule is CCNC(=O)C1COCCN1c1cnc(Br)cn1. The molecule has 1 fully saturated rings. The fourth-order valence-electron chi connectivity index (χ4n) is 1.84. The van der Waals surface area contributed by atoms with E-state index in [1.165, 1.54) is 0 Å². The van der Waals surface area contributed by atoms with Gasteiger partial charge in [-0.05, 0) is 22.9 Å². The highest BCUT2D eigenvalue weighted by Gasteiger charge is 2.30. The number of carbonyl (C=O) groups excluding carboxylic acids is 1. The van der Waals surface area contributed by atoms with Crippen LogP contribution in [-0.2, 0) is 9.53 Å². The van der Waals surface area contributed by atoms with Gasteiger partial charge in [0.05, 0.1) is 25.6 Å². The van der Waals surface area contributed by atoms with Crippen LogP contribution in [0.1, 0.15) is 6.92 Å². The molecule has 0 aromatic carbocycles. The Morgan fingerprint density at radius 1 is 1.61 bits per heavy atom. The highest BCUT2D eigenvalue weighted by atomic mass is 79.9. The van der Waals surface area contributed by atoms with E-state index in [9.17, 15) is 4.79 Å². The summed E-state index contributed by atoms with van der Waals surface area (Å²) in [5, 5.41) is 2.81. The summed E-state index contributed by atoms with van der Waals surface area (Å²) < 4.78 is 6.04. The molecule has 0 radical (unpaired) electrons. The van der Waals surface area contributed by atoms with Crippen LogP contribution in [-0.4, -0.2) is 48.2 Å². The van der Waals surface area contributed by atoms with Crippen LogP contribution in [0, 0.1) is 0 Å². The summed E-state index contributed by atoms with van der Waals surface area (Å²) in [7, 11) is 0. The molecular weight excluding hydrogens is 300 g/mol. The maximum atomic E-state index is 12.0. The summed E-state index contributed by atoms with van der Waals surface area (Å²) in [6.07, 6.45) is 3.28. The smallest absolute Gasteiger partial charge is 0.245 e. The number of hydrogen-bond acceptors (Lipinski definition) is 5. The number of halogens is 1. The van der Waals surface area contributed by atoms with Gasteiger partial charge in [0.15, 0.2) is 0 Å². The van der Waals surface area contributed by atoms with E-state index in [0.29, 0.717) is 36.7 Å². The summed E-state index contributed by atoms with van der Waals surface area (Å²) in [6, 6.07) is -0.339. The normalized spacial score (nSPS) is 19.7. The van der Waals surface area contributed by atoms with Crippen molar-refractivity contribution < 1.29 is 9.53 Å². The molecular formula is C11H15BrN4O2. The molecule has 2 heterocycles. The average molecular weight is 315 g/mol. The monoisotopic (exact) mass is 314 g/mol. The van der Waals surface area contributed by atoms with Gasteiger partial charge in [0.25, 0.3) is 0 Å². The van der Waals surface area contributed by atoms with Gasteiger partial charge >= 0.3 is 0 Å². The molecule has 1 atom stereocenters. The minimum absolute atomic E-state index is 0.0399. The van der Waals surface area contributed by atoms with Crippen LogP contribution < -0.4 is 10.2 Å². The van der Waals surface area contributed by atoms with Crippen molar-refractivity contribution in [1.82, 2.24) is 15.3 Å². The van der Waals surface area contributed by atoms with Crippen molar-refractivity contribution in [2.45, 2.75) is 13.0 Å². The lowest BCUT2D eigenvalue weighted by Crippen LogP contribution is -2.54. The largest absolute Gasteiger partial charge is 0.377 e. The number of ether oxygens (including phenoxy) is 1. The average Bonchev–Trinajstić information content (AvgIpc) is 2.40. The maximum Gasteiger partial charge on any atom is 0.245 e. The van der Waals surface area contributed by atoms with Gasteiger partial charge in [-0.25, -0.2) is 9.97 Å². The van der Waals surface area contributed by atoms with E-state index in [1.807, 2.05) is 11.8 Å². The van der Waals surface area contributed by atoms with E-state index in [4.69, 9.17) is 4.74 Å². The second kappa shape index (κ2) is 6.10. The maximum absolute atomic E-state index is 12.0. The van der Waals surface area contributed by atoms with E-state index in [0.717, 1.165) is 0 Å². The number of amides is 1. The molecule has 18 heavy (non-hydrogen) atoms. The molecule has 0 spiro atoms. The first-order valence-corrected chi connectivity index (χ1v) is 6.61. The standard InChI is InChI=1S/C11H15BrN4O2/c1-2-13-11(17)8-7-18-4-3-16(8)10-6-14-9(12)5-15-10/h5-6,8H,2-4,7H2,1H3,(H,13,17). The first kappa shape index (κ1) is 13.2. The Bertz CT molecular complexity index is 412. The summed E-state index contributed by atoms with van der Waals surface area (Å²) in [6.45, 7) is 4.11. The molecule has 1 unspecified atom stereocenters. The zero-order valence-corrected chi connectivity index (χ0v) is 11.7. The third-order valence-corrected chi connectivity index (χ3v) is 3.09. The van der Waals surface area contributed by atoms with Crippen LogP contribution in [0.4, 0.5) is 5.82 Å². The minimum atomic E-state index is -0.339. The predicted octanol–water partition coefficient (Wildman–Crippen LogP) is 0.580. The number of hydrogen-bond donors (Lipinski definition) is 1. The number of anilines is 1. The van der Waals surface area contributed by atoms with Crippen LogP contribution in [0.3, 0.4) is 0 Å². The molecule has 1 amide bonds. The van der Waals surface area contributed by atoms with Gasteiger partial charge in [-0.1, -0.05) is 0 Å². The third kappa shape index (κ3) is 2.97. The van der Waals surface area contributed by atoms with E-state index in [1.54, 1.807) is 12.4 Å². The van der Waals surface area contributed by atoms with Crippen LogP contribution in [0.5, 0.6) is 0 Å². The lowest BCUT2D eigenvalue weighted by atomic mass is 10.2. The summed E-state index contributed by atoms with van der Waals surface area (Å²) in [4.78, 5) is 22.3. The van der Waals surface area contributed by atoms with Gasteiger partial charge in [0.2, 0.25) is 5.91 Å². The zero-order valence-electron chi connectivity index (χ0n) is 10.1. The summed E-state index contributed by atoms with van der Waals surface area (Å²) >= 11 is 3.24. The highest BCUT2D eigenvalue weighted by Crippen LogP contribution is 2.17.